The minimum absolute atomic E-state index is 0.0231. The van der Waals surface area contributed by atoms with Gasteiger partial charge in [0.1, 0.15) is 5.75 Å². The number of benzene rings is 1. The lowest BCUT2D eigenvalue weighted by Crippen LogP contribution is -2.45. The third-order valence-corrected chi connectivity index (χ3v) is 3.33. The van der Waals surface area contributed by atoms with E-state index >= 15 is 0 Å². The van der Waals surface area contributed by atoms with Gasteiger partial charge in [-0.3, -0.25) is 4.79 Å². The third kappa shape index (κ3) is 3.08. The highest BCUT2D eigenvalue weighted by Crippen LogP contribution is 2.19. The number of piperidine rings is 1. The molecule has 1 aromatic rings. The molecule has 0 spiro atoms. The summed E-state index contributed by atoms with van der Waals surface area (Å²) in [5.41, 5.74) is 6.27. The number of methoxy groups -OCH3 is 1. The van der Waals surface area contributed by atoms with Crippen LogP contribution in [-0.2, 0) is 4.74 Å². The summed E-state index contributed by atoms with van der Waals surface area (Å²) in [6.45, 7) is 1.12. The second-order valence-electron chi connectivity index (χ2n) is 4.91. The average Bonchev–Trinajstić information content (AvgIpc) is 2.45. The Morgan fingerprint density at radius 1 is 1.35 bits per heavy atom. The predicted molar refractivity (Wildman–Crippen MR) is 72.6 cm³/mol. The number of likely N-dealkylation sites (tertiary alicyclic amines) is 1. The Kier molecular flexibility index (Phi) is 4.24. The molecule has 20 heavy (non-hydrogen) atoms. The predicted octanol–water partition coefficient (Wildman–Crippen LogP) is 0.742. The van der Waals surface area contributed by atoms with Crippen LogP contribution in [0.1, 0.15) is 33.6 Å². The number of esters is 1. The summed E-state index contributed by atoms with van der Waals surface area (Å²) < 4.78 is 4.59. The topological polar surface area (TPSA) is 92.9 Å². The van der Waals surface area contributed by atoms with Gasteiger partial charge in [-0.2, -0.15) is 0 Å². The molecule has 1 heterocycles. The fourth-order valence-electron chi connectivity index (χ4n) is 2.35. The van der Waals surface area contributed by atoms with Crippen LogP contribution in [0, 0.1) is 0 Å². The summed E-state index contributed by atoms with van der Waals surface area (Å²) in [6.07, 6.45) is 1.76. The molecule has 108 valence electrons. The molecule has 1 amide bonds. The second kappa shape index (κ2) is 5.92. The maximum Gasteiger partial charge on any atom is 0.338 e. The van der Waals surface area contributed by atoms with E-state index in [2.05, 4.69) is 4.74 Å². The first kappa shape index (κ1) is 14.3. The van der Waals surface area contributed by atoms with E-state index in [4.69, 9.17) is 5.73 Å². The highest BCUT2D eigenvalue weighted by molar-refractivity contribution is 5.98. The molecule has 3 N–H and O–H groups in total. The number of aromatic hydroxyl groups is 1. The largest absolute Gasteiger partial charge is 0.508 e. The van der Waals surface area contributed by atoms with Crippen molar-refractivity contribution in [2.45, 2.75) is 18.9 Å². The van der Waals surface area contributed by atoms with Crippen LogP contribution in [0.25, 0.3) is 0 Å². The fraction of sp³-hybridized carbons (Fsp3) is 0.429. The Balaban J connectivity index is 2.25. The van der Waals surface area contributed by atoms with Crippen molar-refractivity contribution in [3.05, 3.63) is 29.3 Å². The van der Waals surface area contributed by atoms with Gasteiger partial charge in [-0.15, -0.1) is 0 Å². The van der Waals surface area contributed by atoms with Crippen molar-refractivity contribution >= 4 is 11.9 Å². The summed E-state index contributed by atoms with van der Waals surface area (Å²) in [4.78, 5) is 25.5. The van der Waals surface area contributed by atoms with Crippen molar-refractivity contribution in [2.24, 2.45) is 5.73 Å². The van der Waals surface area contributed by atoms with Gasteiger partial charge in [0.05, 0.1) is 12.7 Å². The molecule has 0 unspecified atom stereocenters. The maximum atomic E-state index is 12.4. The van der Waals surface area contributed by atoms with E-state index in [-0.39, 0.29) is 28.8 Å². The summed E-state index contributed by atoms with van der Waals surface area (Å²) in [7, 11) is 1.25. The number of phenols is 1. The van der Waals surface area contributed by atoms with E-state index in [9.17, 15) is 14.7 Å². The van der Waals surface area contributed by atoms with E-state index in [0.29, 0.717) is 13.1 Å². The standard InChI is InChI=1S/C14H18N2O4/c1-20-14(19)10-5-9(6-12(17)7-10)13(18)16-4-2-3-11(15)8-16/h5-7,11,17H,2-4,8,15H2,1H3/t11-/m0/s1. The number of hydrogen-bond donors (Lipinski definition) is 2. The van der Waals surface area contributed by atoms with Crippen LogP contribution < -0.4 is 5.73 Å². The molecule has 0 saturated carbocycles. The normalized spacial score (nSPS) is 18.7. The van der Waals surface area contributed by atoms with Crippen LogP contribution in [0.2, 0.25) is 0 Å². The lowest BCUT2D eigenvalue weighted by atomic mass is 10.0. The van der Waals surface area contributed by atoms with Gasteiger partial charge in [0.25, 0.3) is 5.91 Å². The first-order valence-electron chi connectivity index (χ1n) is 6.48. The Morgan fingerprint density at radius 2 is 2.05 bits per heavy atom. The van der Waals surface area contributed by atoms with Gasteiger partial charge in [-0.05, 0) is 31.0 Å². The Bertz CT molecular complexity index is 530. The third-order valence-electron chi connectivity index (χ3n) is 3.33. The molecule has 1 aliphatic rings. The van der Waals surface area contributed by atoms with Crippen molar-refractivity contribution in [3.8, 4) is 5.75 Å². The first-order chi connectivity index (χ1) is 9.51. The molecule has 1 saturated heterocycles. The SMILES string of the molecule is COC(=O)c1cc(O)cc(C(=O)N2CCC[C@H](N)C2)c1. The van der Waals surface area contributed by atoms with Crippen molar-refractivity contribution in [3.63, 3.8) is 0 Å². The highest BCUT2D eigenvalue weighted by atomic mass is 16.5. The summed E-state index contributed by atoms with van der Waals surface area (Å²) in [6, 6.07) is 4.01. The van der Waals surface area contributed by atoms with Gasteiger partial charge in [0.2, 0.25) is 0 Å². The number of carbonyl (C=O) groups is 2. The summed E-state index contributed by atoms with van der Waals surface area (Å²) in [5, 5.41) is 9.63. The minimum Gasteiger partial charge on any atom is -0.508 e. The molecule has 6 nitrogen and oxygen atoms in total. The van der Waals surface area contributed by atoms with Crippen molar-refractivity contribution < 1.29 is 19.4 Å². The molecule has 1 aliphatic heterocycles. The first-order valence-corrected chi connectivity index (χ1v) is 6.48. The number of ether oxygens (including phenoxy) is 1. The van der Waals surface area contributed by atoms with Gasteiger partial charge >= 0.3 is 5.97 Å². The molecule has 1 atom stereocenters. The van der Waals surface area contributed by atoms with Crippen LogP contribution in [-0.4, -0.2) is 48.1 Å². The van der Waals surface area contributed by atoms with Crippen LogP contribution >= 0.6 is 0 Å². The van der Waals surface area contributed by atoms with Crippen LogP contribution in [0.3, 0.4) is 0 Å². The molecule has 6 heteroatoms. The fourth-order valence-corrected chi connectivity index (χ4v) is 2.35. The number of amides is 1. The Morgan fingerprint density at radius 3 is 2.70 bits per heavy atom. The minimum atomic E-state index is -0.592. The van der Waals surface area contributed by atoms with Crippen molar-refractivity contribution in [2.75, 3.05) is 20.2 Å². The van der Waals surface area contributed by atoms with Crippen molar-refractivity contribution in [1.29, 1.82) is 0 Å². The van der Waals surface area contributed by atoms with E-state index < -0.39 is 5.97 Å². The molecule has 0 bridgehead atoms. The molecule has 1 aromatic carbocycles. The van der Waals surface area contributed by atoms with Gasteiger partial charge in [0, 0.05) is 24.7 Å². The number of rotatable bonds is 2. The van der Waals surface area contributed by atoms with Crippen LogP contribution in [0.15, 0.2) is 18.2 Å². The van der Waals surface area contributed by atoms with Gasteiger partial charge in [0.15, 0.2) is 0 Å². The van der Waals surface area contributed by atoms with Gasteiger partial charge in [-0.1, -0.05) is 0 Å². The molecule has 0 radical (unpaired) electrons. The zero-order valence-electron chi connectivity index (χ0n) is 11.3. The van der Waals surface area contributed by atoms with Crippen LogP contribution in [0.4, 0.5) is 0 Å². The number of hydrogen-bond acceptors (Lipinski definition) is 5. The number of nitrogens with zero attached hydrogens (tertiary/aromatic N) is 1. The molecule has 2 rings (SSSR count). The average molecular weight is 278 g/mol. The zero-order valence-corrected chi connectivity index (χ0v) is 11.3. The molecular weight excluding hydrogens is 260 g/mol. The molecule has 0 aliphatic carbocycles. The Labute approximate surface area is 117 Å². The Hall–Kier alpha value is -2.08. The number of nitrogens with two attached hydrogens (primary N) is 1. The van der Waals surface area contributed by atoms with Crippen LogP contribution in [0.5, 0.6) is 5.75 Å². The highest BCUT2D eigenvalue weighted by Gasteiger charge is 2.23. The smallest absolute Gasteiger partial charge is 0.338 e. The monoisotopic (exact) mass is 278 g/mol. The van der Waals surface area contributed by atoms with E-state index in [1.807, 2.05) is 0 Å². The second-order valence-corrected chi connectivity index (χ2v) is 4.91. The van der Waals surface area contributed by atoms with Gasteiger partial charge in [-0.25, -0.2) is 4.79 Å². The van der Waals surface area contributed by atoms with E-state index in [1.54, 1.807) is 4.90 Å². The maximum absolute atomic E-state index is 12.4. The zero-order chi connectivity index (χ0) is 14.7. The van der Waals surface area contributed by atoms with E-state index in [1.165, 1.54) is 25.3 Å². The summed E-state index contributed by atoms with van der Waals surface area (Å²) in [5.74, 6) is -0.968. The number of phenolic OH excluding ortho intramolecular Hbond substituents is 1. The molecular formula is C14H18N2O4. The lowest BCUT2D eigenvalue weighted by molar-refractivity contribution is 0.0600. The number of carbonyl (C=O) groups excluding carboxylic acids is 2. The lowest BCUT2D eigenvalue weighted by Gasteiger charge is -2.30. The molecule has 1 fully saturated rings. The molecule has 0 aromatic heterocycles. The summed E-state index contributed by atoms with van der Waals surface area (Å²) >= 11 is 0. The van der Waals surface area contributed by atoms with Crippen molar-refractivity contribution in [1.82, 2.24) is 4.90 Å². The van der Waals surface area contributed by atoms with Gasteiger partial charge < -0.3 is 20.5 Å². The van der Waals surface area contributed by atoms with E-state index in [0.717, 1.165) is 12.8 Å². The quantitative estimate of drug-likeness (QED) is 0.778.